The third kappa shape index (κ3) is 7.61. The Labute approximate surface area is 236 Å². The number of esters is 2. The van der Waals surface area contributed by atoms with Crippen LogP contribution in [0.5, 0.6) is 5.75 Å². The van der Waals surface area contributed by atoms with Crippen molar-refractivity contribution in [2.75, 3.05) is 5.32 Å². The molecule has 2 aromatic rings. The van der Waals surface area contributed by atoms with Gasteiger partial charge in [-0.2, -0.15) is 0 Å². The maximum absolute atomic E-state index is 13.2. The van der Waals surface area contributed by atoms with Gasteiger partial charge < -0.3 is 20.1 Å². The first-order chi connectivity index (χ1) is 18.7. The van der Waals surface area contributed by atoms with E-state index in [2.05, 4.69) is 10.6 Å². The first-order valence-corrected chi connectivity index (χ1v) is 14.5. The monoisotopic (exact) mass is 554 g/mol. The van der Waals surface area contributed by atoms with Crippen LogP contribution in [0.4, 0.5) is 5.69 Å². The summed E-state index contributed by atoms with van der Waals surface area (Å²) in [5, 5.41) is 7.00. The van der Waals surface area contributed by atoms with Crippen LogP contribution in [-0.4, -0.2) is 29.9 Å². The molecule has 2 atom stereocenters. The minimum absolute atomic E-state index is 0.133. The molecule has 2 aromatic carbocycles. The molecule has 1 saturated carbocycles. The molecule has 1 aliphatic carbocycles. The predicted octanol–water partition coefficient (Wildman–Crippen LogP) is 6.78. The van der Waals surface area contributed by atoms with Gasteiger partial charge in [0.2, 0.25) is 5.91 Å². The third-order valence-electron chi connectivity index (χ3n) is 7.55. The van der Waals surface area contributed by atoms with Crippen molar-refractivity contribution in [2.45, 2.75) is 96.7 Å². The van der Waals surface area contributed by atoms with E-state index in [0.717, 1.165) is 36.8 Å². The number of anilines is 1. The van der Waals surface area contributed by atoms with Crippen LogP contribution in [0.2, 0.25) is 5.02 Å². The minimum Gasteiger partial charge on any atom is -0.452 e. The Hall–Kier alpha value is -2.90. The van der Waals surface area contributed by atoms with Crippen molar-refractivity contribution in [1.82, 2.24) is 5.32 Å². The second kappa shape index (κ2) is 13.4. The van der Waals surface area contributed by atoms with Crippen molar-refractivity contribution in [1.29, 1.82) is 0 Å². The highest BCUT2D eigenvalue weighted by Crippen LogP contribution is 2.40. The van der Waals surface area contributed by atoms with Crippen LogP contribution in [0, 0.1) is 5.92 Å². The lowest BCUT2D eigenvalue weighted by Gasteiger charge is -2.32. The fraction of sp³-hybridized carbons (Fsp3) is 0.516. The molecule has 1 amide bonds. The minimum atomic E-state index is -0.628. The Bertz CT molecular complexity index is 1170. The standard InChI is InChI=1S/C31H39ClN2O5/c1-4-25(33-19(2)3)30(39-31(37)21-10-12-22(32)13-11-21)24-14-16-26(29-23(24)15-17-27(35)34-29)38-28(36)18-20-8-6-5-7-9-20/h10-14,16,19-20,25,30,33H,4-9,15,17-18H2,1-3H3,(H,34,35). The van der Waals surface area contributed by atoms with Crippen LogP contribution in [0.3, 0.4) is 0 Å². The van der Waals surface area contributed by atoms with Gasteiger partial charge in [-0.1, -0.05) is 57.7 Å². The van der Waals surface area contributed by atoms with E-state index in [1.54, 1.807) is 30.3 Å². The zero-order chi connectivity index (χ0) is 27.9. The van der Waals surface area contributed by atoms with E-state index in [0.29, 0.717) is 53.6 Å². The topological polar surface area (TPSA) is 93.7 Å². The third-order valence-corrected chi connectivity index (χ3v) is 7.81. The fourth-order valence-corrected chi connectivity index (χ4v) is 5.74. The molecule has 1 fully saturated rings. The lowest BCUT2D eigenvalue weighted by molar-refractivity contribution is -0.135. The van der Waals surface area contributed by atoms with E-state index in [9.17, 15) is 14.4 Å². The predicted molar refractivity (Wildman–Crippen MR) is 152 cm³/mol. The van der Waals surface area contributed by atoms with Gasteiger partial charge in [0.05, 0.1) is 11.3 Å². The highest BCUT2D eigenvalue weighted by Gasteiger charge is 2.33. The molecule has 0 bridgehead atoms. The second-order valence-electron chi connectivity index (χ2n) is 10.9. The number of hydrogen-bond donors (Lipinski definition) is 2. The summed E-state index contributed by atoms with van der Waals surface area (Å²) in [6.07, 6.45) is 6.82. The van der Waals surface area contributed by atoms with Gasteiger partial charge in [-0.15, -0.1) is 0 Å². The first-order valence-electron chi connectivity index (χ1n) is 14.1. The molecule has 210 valence electrons. The normalized spacial score (nSPS) is 17.2. The zero-order valence-electron chi connectivity index (χ0n) is 23.1. The van der Waals surface area contributed by atoms with Crippen molar-refractivity contribution in [3.8, 4) is 5.75 Å². The van der Waals surface area contributed by atoms with Gasteiger partial charge in [-0.25, -0.2) is 4.79 Å². The van der Waals surface area contributed by atoms with Crippen LogP contribution in [0.1, 0.15) is 99.7 Å². The van der Waals surface area contributed by atoms with E-state index in [-0.39, 0.29) is 24.0 Å². The molecular formula is C31H39ClN2O5. The number of hydrogen-bond acceptors (Lipinski definition) is 6. The number of rotatable bonds is 10. The van der Waals surface area contributed by atoms with E-state index < -0.39 is 12.1 Å². The number of carbonyl (C=O) groups excluding carboxylic acids is 3. The SMILES string of the molecule is CCC(NC(C)C)C(OC(=O)c1ccc(Cl)cc1)c1ccc(OC(=O)CC2CCCCC2)c2c1CCC(=O)N2. The number of carbonyl (C=O) groups is 3. The number of ether oxygens (including phenoxy) is 2. The van der Waals surface area contributed by atoms with Crippen molar-refractivity contribution < 1.29 is 23.9 Å². The summed E-state index contributed by atoms with van der Waals surface area (Å²) in [4.78, 5) is 38.5. The lowest BCUT2D eigenvalue weighted by Crippen LogP contribution is -2.41. The average Bonchev–Trinajstić information content (AvgIpc) is 2.91. The average molecular weight is 555 g/mol. The summed E-state index contributed by atoms with van der Waals surface area (Å²) in [6.45, 7) is 6.13. The van der Waals surface area contributed by atoms with Gasteiger partial charge in [0, 0.05) is 29.9 Å². The van der Waals surface area contributed by atoms with Gasteiger partial charge in [0.1, 0.15) is 6.10 Å². The second-order valence-corrected chi connectivity index (χ2v) is 11.3. The highest BCUT2D eigenvalue weighted by molar-refractivity contribution is 6.30. The molecule has 0 spiro atoms. The van der Waals surface area contributed by atoms with Gasteiger partial charge in [-0.05, 0) is 73.1 Å². The van der Waals surface area contributed by atoms with Crippen LogP contribution in [0.15, 0.2) is 36.4 Å². The number of nitrogens with one attached hydrogen (secondary N) is 2. The molecule has 7 nitrogen and oxygen atoms in total. The molecule has 0 aromatic heterocycles. The summed E-state index contributed by atoms with van der Waals surface area (Å²) >= 11 is 6.01. The number of benzene rings is 2. The summed E-state index contributed by atoms with van der Waals surface area (Å²) in [5.74, 6) is -0.186. The quantitative estimate of drug-likeness (QED) is 0.248. The number of fused-ring (bicyclic) bond motifs is 1. The van der Waals surface area contributed by atoms with Crippen LogP contribution >= 0.6 is 11.6 Å². The summed E-state index contributed by atoms with van der Waals surface area (Å²) in [6, 6.07) is 10.2. The maximum atomic E-state index is 13.2. The molecule has 0 radical (unpaired) electrons. The van der Waals surface area contributed by atoms with Gasteiger partial charge in [0.25, 0.3) is 0 Å². The molecule has 2 aliphatic rings. The van der Waals surface area contributed by atoms with Crippen LogP contribution in [-0.2, 0) is 20.7 Å². The highest BCUT2D eigenvalue weighted by atomic mass is 35.5. The Morgan fingerprint density at radius 1 is 1.05 bits per heavy atom. The molecule has 4 rings (SSSR count). The van der Waals surface area contributed by atoms with Crippen molar-refractivity contribution in [3.63, 3.8) is 0 Å². The van der Waals surface area contributed by atoms with Crippen molar-refractivity contribution in [2.24, 2.45) is 5.92 Å². The van der Waals surface area contributed by atoms with E-state index in [1.165, 1.54) is 6.42 Å². The van der Waals surface area contributed by atoms with Crippen molar-refractivity contribution in [3.05, 3.63) is 58.1 Å². The van der Waals surface area contributed by atoms with E-state index in [4.69, 9.17) is 21.1 Å². The zero-order valence-corrected chi connectivity index (χ0v) is 23.8. The molecular weight excluding hydrogens is 516 g/mol. The molecule has 39 heavy (non-hydrogen) atoms. The van der Waals surface area contributed by atoms with E-state index >= 15 is 0 Å². The molecule has 1 aliphatic heterocycles. The summed E-state index contributed by atoms with van der Waals surface area (Å²) in [5.41, 5.74) is 2.52. The van der Waals surface area contributed by atoms with Crippen LogP contribution in [0.25, 0.3) is 0 Å². The smallest absolute Gasteiger partial charge is 0.338 e. The summed E-state index contributed by atoms with van der Waals surface area (Å²) in [7, 11) is 0. The molecule has 1 heterocycles. The van der Waals surface area contributed by atoms with Gasteiger partial charge >= 0.3 is 11.9 Å². The Morgan fingerprint density at radius 3 is 2.44 bits per heavy atom. The molecule has 8 heteroatoms. The number of amides is 1. The van der Waals surface area contributed by atoms with Crippen LogP contribution < -0.4 is 15.4 Å². The van der Waals surface area contributed by atoms with E-state index in [1.807, 2.05) is 26.8 Å². The van der Waals surface area contributed by atoms with Gasteiger partial charge in [-0.3, -0.25) is 9.59 Å². The van der Waals surface area contributed by atoms with Crippen molar-refractivity contribution >= 4 is 35.1 Å². The maximum Gasteiger partial charge on any atom is 0.338 e. The lowest BCUT2D eigenvalue weighted by atomic mass is 9.87. The Kier molecular flexibility index (Phi) is 10.0. The fourth-order valence-electron chi connectivity index (χ4n) is 5.61. The molecule has 2 unspecified atom stereocenters. The molecule has 2 N–H and O–H groups in total. The summed E-state index contributed by atoms with van der Waals surface area (Å²) < 4.78 is 12.0. The Morgan fingerprint density at radius 2 is 1.77 bits per heavy atom. The Balaban J connectivity index is 1.66. The first kappa shape index (κ1) is 29.1. The molecule has 0 saturated heterocycles. The number of halogens is 1. The largest absolute Gasteiger partial charge is 0.452 e. The van der Waals surface area contributed by atoms with Gasteiger partial charge in [0.15, 0.2) is 5.75 Å².